The highest BCUT2D eigenvalue weighted by Crippen LogP contribution is 2.18. The summed E-state index contributed by atoms with van der Waals surface area (Å²) in [5.41, 5.74) is 6.16. The van der Waals surface area contributed by atoms with E-state index >= 15 is 0 Å². The second-order valence-electron chi connectivity index (χ2n) is 2.18. The number of anilines is 1. The zero-order valence-electron chi connectivity index (χ0n) is 6.60. The molecule has 0 atom stereocenters. The van der Waals surface area contributed by atoms with E-state index < -0.39 is 0 Å². The van der Waals surface area contributed by atoms with Crippen LogP contribution in [0.1, 0.15) is 0 Å². The van der Waals surface area contributed by atoms with Crippen molar-refractivity contribution in [3.05, 3.63) is 3.83 Å². The standard InChI is InChI=1S/C5H5IN6S/c1-13-3-2-9-10-4(6)12(2)11-5(7)8-3/h1H3,(H2,7,11). The Labute approximate surface area is 91.5 Å². The maximum Gasteiger partial charge on any atom is 0.239 e. The minimum Gasteiger partial charge on any atom is -0.367 e. The smallest absolute Gasteiger partial charge is 0.239 e. The van der Waals surface area contributed by atoms with Gasteiger partial charge in [0.15, 0.2) is 0 Å². The van der Waals surface area contributed by atoms with Crippen LogP contribution in [0.5, 0.6) is 0 Å². The van der Waals surface area contributed by atoms with E-state index in [4.69, 9.17) is 5.73 Å². The van der Waals surface area contributed by atoms with Crippen molar-refractivity contribution in [2.75, 3.05) is 12.0 Å². The van der Waals surface area contributed by atoms with E-state index in [0.29, 0.717) is 9.48 Å². The summed E-state index contributed by atoms with van der Waals surface area (Å²) in [6, 6.07) is 0. The van der Waals surface area contributed by atoms with Crippen LogP contribution in [-0.2, 0) is 0 Å². The average Bonchev–Trinajstić information content (AvgIpc) is 2.47. The van der Waals surface area contributed by atoms with Gasteiger partial charge in [-0.15, -0.1) is 27.1 Å². The molecular weight excluding hydrogens is 303 g/mol. The highest BCUT2D eigenvalue weighted by atomic mass is 127. The number of fused-ring (bicyclic) bond motifs is 1. The SMILES string of the molecule is CSc1nc(N)nn2c(I)nnc12. The van der Waals surface area contributed by atoms with Crippen LogP contribution in [0.15, 0.2) is 5.03 Å². The Morgan fingerprint density at radius 3 is 2.92 bits per heavy atom. The molecule has 0 aromatic carbocycles. The lowest BCUT2D eigenvalue weighted by atomic mass is 10.8. The number of nitrogen functional groups attached to an aromatic ring is 1. The fraction of sp³-hybridized carbons (Fsp3) is 0.200. The maximum atomic E-state index is 5.51. The van der Waals surface area contributed by atoms with Crippen LogP contribution in [0.2, 0.25) is 0 Å². The maximum absolute atomic E-state index is 5.51. The van der Waals surface area contributed by atoms with Crippen LogP contribution in [0.25, 0.3) is 5.65 Å². The van der Waals surface area contributed by atoms with Gasteiger partial charge in [-0.05, 0) is 6.26 Å². The van der Waals surface area contributed by atoms with Gasteiger partial charge in [0.2, 0.25) is 15.4 Å². The molecule has 68 valence electrons. The zero-order chi connectivity index (χ0) is 9.42. The normalized spacial score (nSPS) is 10.9. The van der Waals surface area contributed by atoms with Gasteiger partial charge in [-0.1, -0.05) is 0 Å². The molecule has 0 spiro atoms. The molecule has 0 aliphatic heterocycles. The van der Waals surface area contributed by atoms with E-state index in [1.165, 1.54) is 11.8 Å². The number of nitrogens with zero attached hydrogens (tertiary/aromatic N) is 5. The van der Waals surface area contributed by atoms with Crippen molar-refractivity contribution in [2.24, 2.45) is 0 Å². The summed E-state index contributed by atoms with van der Waals surface area (Å²) in [5.74, 6) is 0.231. The minimum atomic E-state index is 0.231. The first-order valence-corrected chi connectivity index (χ1v) is 5.61. The summed E-state index contributed by atoms with van der Waals surface area (Å²) < 4.78 is 2.26. The minimum absolute atomic E-state index is 0.231. The Bertz CT molecular complexity index is 453. The summed E-state index contributed by atoms with van der Waals surface area (Å²) in [7, 11) is 0. The Balaban J connectivity index is 2.84. The Hall–Kier alpha value is -0.640. The van der Waals surface area contributed by atoms with Gasteiger partial charge >= 0.3 is 0 Å². The molecule has 0 amide bonds. The van der Waals surface area contributed by atoms with Gasteiger partial charge in [-0.2, -0.15) is 4.52 Å². The highest BCUT2D eigenvalue weighted by molar-refractivity contribution is 14.1. The van der Waals surface area contributed by atoms with Crippen molar-refractivity contribution in [2.45, 2.75) is 5.03 Å². The molecule has 0 bridgehead atoms. The van der Waals surface area contributed by atoms with Gasteiger partial charge in [-0.3, -0.25) is 0 Å². The molecule has 2 N–H and O–H groups in total. The molecule has 0 aliphatic rings. The molecule has 0 saturated carbocycles. The van der Waals surface area contributed by atoms with Gasteiger partial charge in [-0.25, -0.2) is 4.98 Å². The molecule has 2 rings (SSSR count). The number of aromatic nitrogens is 5. The van der Waals surface area contributed by atoms with Crippen molar-refractivity contribution >= 4 is 45.9 Å². The third kappa shape index (κ3) is 1.43. The quantitative estimate of drug-likeness (QED) is 0.608. The number of thioether (sulfide) groups is 1. The van der Waals surface area contributed by atoms with E-state index in [1.54, 1.807) is 4.52 Å². The molecular formula is C5H5IN6S. The zero-order valence-corrected chi connectivity index (χ0v) is 9.57. The number of rotatable bonds is 1. The van der Waals surface area contributed by atoms with Crippen molar-refractivity contribution in [1.29, 1.82) is 0 Å². The molecule has 0 saturated heterocycles. The van der Waals surface area contributed by atoms with Crippen LogP contribution in [-0.4, -0.2) is 31.1 Å². The van der Waals surface area contributed by atoms with Crippen LogP contribution in [0, 0.1) is 3.83 Å². The van der Waals surface area contributed by atoms with E-state index in [2.05, 4.69) is 20.3 Å². The molecule has 0 unspecified atom stereocenters. The summed E-state index contributed by atoms with van der Waals surface area (Å²) in [5, 5.41) is 12.5. The first-order chi connectivity index (χ1) is 6.22. The highest BCUT2D eigenvalue weighted by Gasteiger charge is 2.10. The summed E-state index contributed by atoms with van der Waals surface area (Å²) in [6.07, 6.45) is 1.91. The average molecular weight is 308 g/mol. The van der Waals surface area contributed by atoms with Crippen LogP contribution < -0.4 is 5.73 Å². The third-order valence-corrected chi connectivity index (χ3v) is 2.74. The number of nitrogens with two attached hydrogens (primary N) is 1. The van der Waals surface area contributed by atoms with E-state index in [0.717, 1.165) is 5.03 Å². The largest absolute Gasteiger partial charge is 0.367 e. The molecule has 0 radical (unpaired) electrons. The number of hydrogen-bond donors (Lipinski definition) is 1. The van der Waals surface area contributed by atoms with E-state index in [9.17, 15) is 0 Å². The van der Waals surface area contributed by atoms with Crippen molar-refractivity contribution in [1.82, 2.24) is 24.8 Å². The van der Waals surface area contributed by atoms with Gasteiger partial charge in [0.1, 0.15) is 5.03 Å². The summed E-state index contributed by atoms with van der Waals surface area (Å²) in [6.45, 7) is 0. The molecule has 0 aliphatic carbocycles. The summed E-state index contributed by atoms with van der Waals surface area (Å²) >= 11 is 3.51. The molecule has 2 heterocycles. The summed E-state index contributed by atoms with van der Waals surface area (Å²) in [4.78, 5) is 4.04. The fourth-order valence-corrected chi connectivity index (χ4v) is 1.84. The van der Waals surface area contributed by atoms with E-state index in [-0.39, 0.29) is 5.95 Å². The predicted octanol–water partition coefficient (Wildman–Crippen LogP) is 0.428. The lowest BCUT2D eigenvalue weighted by Crippen LogP contribution is -2.04. The van der Waals surface area contributed by atoms with Gasteiger partial charge in [0.25, 0.3) is 0 Å². The van der Waals surface area contributed by atoms with Crippen LogP contribution in [0.4, 0.5) is 5.95 Å². The van der Waals surface area contributed by atoms with E-state index in [1.807, 2.05) is 28.8 Å². The molecule has 2 aromatic rings. The Morgan fingerprint density at radius 2 is 2.23 bits per heavy atom. The van der Waals surface area contributed by atoms with Gasteiger partial charge < -0.3 is 5.73 Å². The fourth-order valence-electron chi connectivity index (χ4n) is 0.899. The number of hydrogen-bond acceptors (Lipinski definition) is 6. The lowest BCUT2D eigenvalue weighted by Gasteiger charge is -1.98. The monoisotopic (exact) mass is 308 g/mol. The first-order valence-electron chi connectivity index (χ1n) is 3.31. The Morgan fingerprint density at radius 1 is 1.46 bits per heavy atom. The third-order valence-electron chi connectivity index (χ3n) is 1.41. The second kappa shape index (κ2) is 3.25. The molecule has 13 heavy (non-hydrogen) atoms. The number of halogens is 1. The van der Waals surface area contributed by atoms with Crippen molar-refractivity contribution in [3.8, 4) is 0 Å². The van der Waals surface area contributed by atoms with Gasteiger partial charge in [0.05, 0.1) is 0 Å². The molecule has 8 heteroatoms. The molecule has 2 aromatic heterocycles. The molecule has 6 nitrogen and oxygen atoms in total. The topological polar surface area (TPSA) is 82.0 Å². The second-order valence-corrected chi connectivity index (χ2v) is 3.94. The van der Waals surface area contributed by atoms with Crippen molar-refractivity contribution in [3.63, 3.8) is 0 Å². The van der Waals surface area contributed by atoms with Gasteiger partial charge in [0, 0.05) is 22.6 Å². The lowest BCUT2D eigenvalue weighted by molar-refractivity contribution is 0.851. The predicted molar refractivity (Wildman–Crippen MR) is 57.5 cm³/mol. The Kier molecular flexibility index (Phi) is 2.24. The van der Waals surface area contributed by atoms with Crippen LogP contribution >= 0.6 is 34.4 Å². The first kappa shape index (κ1) is 8.94. The van der Waals surface area contributed by atoms with Crippen LogP contribution in [0.3, 0.4) is 0 Å². The van der Waals surface area contributed by atoms with Crippen molar-refractivity contribution < 1.29 is 0 Å². The molecule has 0 fully saturated rings.